The number of benzene rings is 1. The van der Waals surface area contributed by atoms with Gasteiger partial charge >= 0.3 is 6.03 Å². The fraction of sp³-hybridized carbons (Fsp3) is 0.125. The molecule has 0 saturated heterocycles. The number of hydrogen-bond acceptors (Lipinski definition) is 8. The van der Waals surface area contributed by atoms with Crippen LogP contribution in [0.2, 0.25) is 0 Å². The van der Waals surface area contributed by atoms with E-state index in [2.05, 4.69) is 42.1 Å². The molecule has 11 heteroatoms. The first-order chi connectivity index (χ1) is 13.1. The first kappa shape index (κ1) is 19.4. The highest BCUT2D eigenvalue weighted by Crippen LogP contribution is 2.25. The number of imide groups is 1. The Balaban J connectivity index is 1.39. The van der Waals surface area contributed by atoms with Crippen molar-refractivity contribution in [2.24, 2.45) is 0 Å². The van der Waals surface area contributed by atoms with Crippen molar-refractivity contribution in [1.29, 1.82) is 0 Å². The van der Waals surface area contributed by atoms with E-state index >= 15 is 0 Å². The first-order valence-electron chi connectivity index (χ1n) is 7.67. The van der Waals surface area contributed by atoms with E-state index in [1.165, 1.54) is 23.1 Å². The fourth-order valence-corrected chi connectivity index (χ4v) is 3.71. The van der Waals surface area contributed by atoms with E-state index < -0.39 is 11.9 Å². The number of carbonyl (C=O) groups is 2. The van der Waals surface area contributed by atoms with Gasteiger partial charge in [-0.15, -0.1) is 10.2 Å². The maximum absolute atomic E-state index is 11.9. The lowest BCUT2D eigenvalue weighted by Gasteiger charge is -2.06. The van der Waals surface area contributed by atoms with E-state index in [0.717, 1.165) is 10.2 Å². The standard InChI is InChI=1S/C16H14BrN5O3S2/c17-10-3-5-11(6-4-10)19-14(24)20-13(23)9-26-16-22-21-15(27-16)18-8-12-2-1-7-25-12/h1-7H,8-9H2,(H,18,21)(H2,19,20,23,24). The number of amides is 3. The number of nitrogens with zero attached hydrogens (tertiary/aromatic N) is 2. The molecule has 0 fully saturated rings. The number of urea groups is 1. The van der Waals surface area contributed by atoms with Crippen LogP contribution in [0.15, 0.2) is 55.9 Å². The molecule has 3 rings (SSSR count). The van der Waals surface area contributed by atoms with E-state index in [4.69, 9.17) is 4.42 Å². The van der Waals surface area contributed by atoms with Gasteiger partial charge in [0.2, 0.25) is 11.0 Å². The molecule has 0 atom stereocenters. The fourth-order valence-electron chi connectivity index (χ4n) is 1.90. The predicted molar refractivity (Wildman–Crippen MR) is 108 cm³/mol. The molecule has 0 unspecified atom stereocenters. The van der Waals surface area contributed by atoms with Crippen LogP contribution in [-0.2, 0) is 11.3 Å². The van der Waals surface area contributed by atoms with E-state index in [1.807, 2.05) is 12.1 Å². The maximum atomic E-state index is 11.9. The number of anilines is 2. The van der Waals surface area contributed by atoms with E-state index in [-0.39, 0.29) is 5.75 Å². The molecule has 0 aliphatic rings. The molecule has 140 valence electrons. The quantitative estimate of drug-likeness (QED) is 0.451. The van der Waals surface area contributed by atoms with Gasteiger partial charge in [-0.3, -0.25) is 10.1 Å². The molecule has 0 aliphatic heterocycles. The van der Waals surface area contributed by atoms with E-state index in [1.54, 1.807) is 30.5 Å². The Kier molecular flexibility index (Phi) is 6.85. The summed E-state index contributed by atoms with van der Waals surface area (Å²) < 4.78 is 6.75. The SMILES string of the molecule is O=C(CSc1nnc(NCc2ccco2)s1)NC(=O)Nc1ccc(Br)cc1. The van der Waals surface area contributed by atoms with Crippen molar-refractivity contribution in [3.8, 4) is 0 Å². The number of nitrogens with one attached hydrogen (secondary N) is 3. The number of furan rings is 1. The molecule has 2 aromatic heterocycles. The monoisotopic (exact) mass is 467 g/mol. The summed E-state index contributed by atoms with van der Waals surface area (Å²) in [5.41, 5.74) is 0.590. The van der Waals surface area contributed by atoms with Crippen LogP contribution in [-0.4, -0.2) is 27.9 Å². The van der Waals surface area contributed by atoms with Crippen molar-refractivity contribution in [3.05, 3.63) is 52.9 Å². The summed E-state index contributed by atoms with van der Waals surface area (Å²) in [4.78, 5) is 23.7. The predicted octanol–water partition coefficient (Wildman–Crippen LogP) is 3.95. The number of aromatic nitrogens is 2. The Morgan fingerprint density at radius 3 is 2.74 bits per heavy atom. The van der Waals surface area contributed by atoms with Crippen LogP contribution in [0.3, 0.4) is 0 Å². The highest BCUT2D eigenvalue weighted by Gasteiger charge is 2.11. The van der Waals surface area contributed by atoms with Crippen LogP contribution in [0.4, 0.5) is 15.6 Å². The van der Waals surface area contributed by atoms with Crippen LogP contribution in [0.1, 0.15) is 5.76 Å². The Labute approximate surface area is 171 Å². The molecule has 8 nitrogen and oxygen atoms in total. The molecule has 3 amide bonds. The number of carbonyl (C=O) groups excluding carboxylic acids is 2. The number of thioether (sulfide) groups is 1. The summed E-state index contributed by atoms with van der Waals surface area (Å²) in [6.45, 7) is 0.503. The number of rotatable bonds is 7. The van der Waals surface area contributed by atoms with Gasteiger partial charge in [-0.1, -0.05) is 39.0 Å². The lowest BCUT2D eigenvalue weighted by Crippen LogP contribution is -2.35. The molecule has 0 saturated carbocycles. The Morgan fingerprint density at radius 1 is 1.19 bits per heavy atom. The van der Waals surface area contributed by atoms with Crippen molar-refractivity contribution >= 4 is 61.8 Å². The minimum atomic E-state index is -0.582. The zero-order valence-corrected chi connectivity index (χ0v) is 17.0. The third-order valence-corrected chi connectivity index (χ3v) is 5.63. The van der Waals surface area contributed by atoms with Crippen LogP contribution in [0, 0.1) is 0 Å². The highest BCUT2D eigenvalue weighted by atomic mass is 79.9. The van der Waals surface area contributed by atoms with Gasteiger partial charge in [0.25, 0.3) is 0 Å². The van der Waals surface area contributed by atoms with Crippen molar-refractivity contribution < 1.29 is 14.0 Å². The largest absolute Gasteiger partial charge is 0.467 e. The Hall–Kier alpha value is -2.37. The van der Waals surface area contributed by atoms with Crippen molar-refractivity contribution in [2.45, 2.75) is 10.9 Å². The second-order valence-corrected chi connectivity index (χ2v) is 8.22. The zero-order chi connectivity index (χ0) is 19.1. The second-order valence-electron chi connectivity index (χ2n) is 5.10. The molecule has 2 heterocycles. The van der Waals surface area contributed by atoms with Crippen LogP contribution < -0.4 is 16.0 Å². The smallest absolute Gasteiger partial charge is 0.325 e. The summed E-state index contributed by atoms with van der Waals surface area (Å²) in [6.07, 6.45) is 1.60. The Bertz CT molecular complexity index is 899. The molecule has 0 aliphatic carbocycles. The lowest BCUT2D eigenvalue weighted by atomic mass is 10.3. The average Bonchev–Trinajstić information content (AvgIpc) is 3.32. The molecule has 1 aromatic carbocycles. The molecule has 3 aromatic rings. The number of halogens is 1. The lowest BCUT2D eigenvalue weighted by molar-refractivity contribution is -0.117. The number of hydrogen-bond donors (Lipinski definition) is 3. The summed E-state index contributed by atoms with van der Waals surface area (Å²) in [7, 11) is 0. The maximum Gasteiger partial charge on any atom is 0.325 e. The van der Waals surface area contributed by atoms with Crippen molar-refractivity contribution in [3.63, 3.8) is 0 Å². The van der Waals surface area contributed by atoms with Gasteiger partial charge in [-0.25, -0.2) is 4.79 Å². The molecule has 0 bridgehead atoms. The molecule has 3 N–H and O–H groups in total. The van der Waals surface area contributed by atoms with Gasteiger partial charge in [0.15, 0.2) is 4.34 Å². The molecule has 0 spiro atoms. The normalized spacial score (nSPS) is 10.4. The summed E-state index contributed by atoms with van der Waals surface area (Å²) in [6, 6.07) is 10.1. The molecular formula is C16H14BrN5O3S2. The van der Waals surface area contributed by atoms with E-state index in [9.17, 15) is 9.59 Å². The summed E-state index contributed by atoms with van der Waals surface area (Å²) >= 11 is 5.84. The van der Waals surface area contributed by atoms with Gasteiger partial charge in [0, 0.05) is 10.2 Å². The summed E-state index contributed by atoms with van der Waals surface area (Å²) in [5.74, 6) is 0.422. The van der Waals surface area contributed by atoms with Gasteiger partial charge in [0.05, 0.1) is 18.6 Å². The third kappa shape index (κ3) is 6.38. The van der Waals surface area contributed by atoms with Crippen LogP contribution >= 0.6 is 39.0 Å². The zero-order valence-electron chi connectivity index (χ0n) is 13.8. The third-order valence-electron chi connectivity index (χ3n) is 3.08. The second kappa shape index (κ2) is 9.53. The van der Waals surface area contributed by atoms with Gasteiger partial charge in [-0.05, 0) is 36.4 Å². The van der Waals surface area contributed by atoms with Crippen molar-refractivity contribution in [2.75, 3.05) is 16.4 Å². The van der Waals surface area contributed by atoms with Gasteiger partial charge < -0.3 is 15.1 Å². The van der Waals surface area contributed by atoms with Gasteiger partial charge in [-0.2, -0.15) is 0 Å². The minimum absolute atomic E-state index is 0.0561. The average molecular weight is 468 g/mol. The molecule has 0 radical (unpaired) electrons. The summed E-state index contributed by atoms with van der Waals surface area (Å²) in [5, 5.41) is 16.6. The molecule has 27 heavy (non-hydrogen) atoms. The van der Waals surface area contributed by atoms with E-state index in [0.29, 0.717) is 21.7 Å². The molecular weight excluding hydrogens is 454 g/mol. The first-order valence-corrected chi connectivity index (χ1v) is 10.3. The van der Waals surface area contributed by atoms with Crippen LogP contribution in [0.25, 0.3) is 0 Å². The van der Waals surface area contributed by atoms with Crippen LogP contribution in [0.5, 0.6) is 0 Å². The highest BCUT2D eigenvalue weighted by molar-refractivity contribution is 9.10. The minimum Gasteiger partial charge on any atom is -0.467 e. The van der Waals surface area contributed by atoms with Crippen molar-refractivity contribution in [1.82, 2.24) is 15.5 Å². The topological polar surface area (TPSA) is 109 Å². The van der Waals surface area contributed by atoms with Gasteiger partial charge in [0.1, 0.15) is 5.76 Å². The Morgan fingerprint density at radius 2 is 2.00 bits per heavy atom.